The number of hydrogen-bond acceptors (Lipinski definition) is 5. The van der Waals surface area contributed by atoms with Crippen LogP contribution in [0.1, 0.15) is 46.3 Å². The van der Waals surface area contributed by atoms with Gasteiger partial charge < -0.3 is 4.90 Å². The fraction of sp³-hybridized carbons (Fsp3) is 0.471. The average molecular weight is 339 g/mol. The summed E-state index contributed by atoms with van der Waals surface area (Å²) in [6.45, 7) is 5.33. The van der Waals surface area contributed by atoms with Gasteiger partial charge in [-0.25, -0.2) is 9.50 Å². The summed E-state index contributed by atoms with van der Waals surface area (Å²) in [6.07, 6.45) is 3.50. The van der Waals surface area contributed by atoms with Gasteiger partial charge in [-0.15, -0.1) is 0 Å². The van der Waals surface area contributed by atoms with E-state index in [1.54, 1.807) is 9.20 Å². The highest BCUT2D eigenvalue weighted by Crippen LogP contribution is 2.28. The van der Waals surface area contributed by atoms with Crippen LogP contribution in [0.5, 0.6) is 0 Å². The number of rotatable bonds is 2. The summed E-state index contributed by atoms with van der Waals surface area (Å²) in [5.41, 5.74) is 3.47. The van der Waals surface area contributed by atoms with Gasteiger partial charge in [-0.3, -0.25) is 9.48 Å². The molecule has 8 heteroatoms. The third-order valence-corrected chi connectivity index (χ3v) is 4.87. The molecule has 0 bridgehead atoms. The number of carbonyl (C=O) groups excluding carboxylic acids is 1. The number of piperidine rings is 1. The molecule has 25 heavy (non-hydrogen) atoms. The molecule has 0 radical (unpaired) electrons. The summed E-state index contributed by atoms with van der Waals surface area (Å²) in [6, 6.07) is 3.89. The van der Waals surface area contributed by atoms with Crippen LogP contribution in [0.3, 0.4) is 0 Å². The Morgan fingerprint density at radius 2 is 2.12 bits per heavy atom. The van der Waals surface area contributed by atoms with E-state index in [1.807, 2.05) is 37.9 Å². The Morgan fingerprint density at radius 1 is 1.28 bits per heavy atom. The minimum atomic E-state index is -0.00554. The van der Waals surface area contributed by atoms with E-state index in [4.69, 9.17) is 0 Å². The zero-order chi connectivity index (χ0) is 17.6. The summed E-state index contributed by atoms with van der Waals surface area (Å²) >= 11 is 0. The molecule has 0 aliphatic carbocycles. The van der Waals surface area contributed by atoms with E-state index >= 15 is 0 Å². The van der Waals surface area contributed by atoms with Gasteiger partial charge in [-0.2, -0.15) is 15.2 Å². The smallest absolute Gasteiger partial charge is 0.274 e. The highest BCUT2D eigenvalue weighted by molar-refractivity contribution is 5.92. The number of carbonyl (C=O) groups is 1. The van der Waals surface area contributed by atoms with Crippen LogP contribution in [0.2, 0.25) is 0 Å². The second-order valence-corrected chi connectivity index (χ2v) is 6.68. The maximum absolute atomic E-state index is 12.8. The van der Waals surface area contributed by atoms with Crippen LogP contribution in [0, 0.1) is 13.8 Å². The summed E-state index contributed by atoms with van der Waals surface area (Å²) in [4.78, 5) is 23.3. The van der Waals surface area contributed by atoms with Gasteiger partial charge in [0.15, 0.2) is 5.69 Å². The van der Waals surface area contributed by atoms with Crippen molar-refractivity contribution in [2.75, 3.05) is 13.1 Å². The molecule has 0 saturated carbocycles. The molecule has 4 heterocycles. The van der Waals surface area contributed by atoms with Crippen LogP contribution in [0.15, 0.2) is 18.5 Å². The van der Waals surface area contributed by atoms with Gasteiger partial charge in [-0.05, 0) is 38.8 Å². The van der Waals surface area contributed by atoms with Gasteiger partial charge in [0.1, 0.15) is 6.33 Å². The van der Waals surface area contributed by atoms with Gasteiger partial charge in [0.25, 0.3) is 11.7 Å². The summed E-state index contributed by atoms with van der Waals surface area (Å²) in [7, 11) is 1.85. The quantitative estimate of drug-likeness (QED) is 0.707. The molecule has 1 fully saturated rings. The standard InChI is InChI=1S/C17H21N7O/c1-11-7-15(24-17(20-11)18-10-19-24)13-5-4-6-23(9-13)16(25)14-8-12(2)22(3)21-14/h7-8,10,13H,4-6,9H2,1-3H3. The molecule has 1 saturated heterocycles. The number of aromatic nitrogens is 6. The van der Waals surface area contributed by atoms with Crippen molar-refractivity contribution in [1.82, 2.24) is 34.3 Å². The lowest BCUT2D eigenvalue weighted by Gasteiger charge is -2.32. The molecular weight excluding hydrogens is 318 g/mol. The maximum atomic E-state index is 12.8. The highest BCUT2D eigenvalue weighted by atomic mass is 16.2. The van der Waals surface area contributed by atoms with Gasteiger partial charge in [-0.1, -0.05) is 0 Å². The monoisotopic (exact) mass is 339 g/mol. The molecule has 130 valence electrons. The van der Waals surface area contributed by atoms with Crippen molar-refractivity contribution in [2.45, 2.75) is 32.6 Å². The van der Waals surface area contributed by atoms with E-state index in [0.29, 0.717) is 18.0 Å². The Labute approximate surface area is 145 Å². The predicted molar refractivity (Wildman–Crippen MR) is 91.3 cm³/mol. The molecular formula is C17H21N7O. The number of hydrogen-bond donors (Lipinski definition) is 0. The zero-order valence-corrected chi connectivity index (χ0v) is 14.7. The number of aryl methyl sites for hydroxylation is 3. The van der Waals surface area contributed by atoms with Gasteiger partial charge in [0.05, 0.1) is 5.69 Å². The van der Waals surface area contributed by atoms with Crippen LogP contribution < -0.4 is 0 Å². The fourth-order valence-corrected chi connectivity index (χ4v) is 3.48. The Kier molecular flexibility index (Phi) is 3.74. The van der Waals surface area contributed by atoms with Crippen LogP contribution >= 0.6 is 0 Å². The van der Waals surface area contributed by atoms with Crippen molar-refractivity contribution in [2.24, 2.45) is 7.05 Å². The molecule has 8 nitrogen and oxygen atoms in total. The van der Waals surface area contributed by atoms with Gasteiger partial charge in [0.2, 0.25) is 0 Å². The molecule has 1 aliphatic rings. The minimum absolute atomic E-state index is 0.00554. The van der Waals surface area contributed by atoms with Crippen LogP contribution in [-0.2, 0) is 7.05 Å². The summed E-state index contributed by atoms with van der Waals surface area (Å²) in [5.74, 6) is 0.821. The molecule has 3 aromatic heterocycles. The highest BCUT2D eigenvalue weighted by Gasteiger charge is 2.28. The lowest BCUT2D eigenvalue weighted by Crippen LogP contribution is -2.39. The Hall–Kier alpha value is -2.77. The molecule has 0 N–H and O–H groups in total. The van der Waals surface area contributed by atoms with Crippen molar-refractivity contribution >= 4 is 11.7 Å². The first-order chi connectivity index (χ1) is 12.0. The topological polar surface area (TPSA) is 81.2 Å². The number of fused-ring (bicyclic) bond motifs is 1. The third-order valence-electron chi connectivity index (χ3n) is 4.87. The van der Waals surface area contributed by atoms with E-state index in [0.717, 1.165) is 36.5 Å². The van der Waals surface area contributed by atoms with E-state index < -0.39 is 0 Å². The van der Waals surface area contributed by atoms with E-state index in [1.165, 1.54) is 6.33 Å². The van der Waals surface area contributed by atoms with Crippen LogP contribution in [-0.4, -0.2) is 53.3 Å². The molecule has 0 aromatic carbocycles. The first-order valence-electron chi connectivity index (χ1n) is 8.50. The van der Waals surface area contributed by atoms with Crippen molar-refractivity contribution in [3.8, 4) is 0 Å². The lowest BCUT2D eigenvalue weighted by atomic mass is 9.94. The van der Waals surface area contributed by atoms with Gasteiger partial charge >= 0.3 is 0 Å². The summed E-state index contributed by atoms with van der Waals surface area (Å²) < 4.78 is 3.52. The third kappa shape index (κ3) is 2.77. The predicted octanol–water partition coefficient (Wildman–Crippen LogP) is 1.49. The van der Waals surface area contributed by atoms with Crippen molar-refractivity contribution in [3.05, 3.63) is 41.2 Å². The number of amides is 1. The SMILES string of the molecule is Cc1cc(C2CCCN(C(=O)c3cc(C)n(C)n3)C2)n2ncnc2n1. The summed E-state index contributed by atoms with van der Waals surface area (Å²) in [5, 5.41) is 8.63. The van der Waals surface area contributed by atoms with E-state index in [9.17, 15) is 4.79 Å². The van der Waals surface area contributed by atoms with E-state index in [-0.39, 0.29) is 11.8 Å². The average Bonchev–Trinajstić information content (AvgIpc) is 3.20. The molecule has 1 unspecified atom stereocenters. The first-order valence-corrected chi connectivity index (χ1v) is 8.50. The number of nitrogens with zero attached hydrogens (tertiary/aromatic N) is 7. The minimum Gasteiger partial charge on any atom is -0.337 e. The second-order valence-electron chi connectivity index (χ2n) is 6.68. The van der Waals surface area contributed by atoms with Crippen molar-refractivity contribution in [3.63, 3.8) is 0 Å². The Morgan fingerprint density at radius 3 is 2.88 bits per heavy atom. The zero-order valence-electron chi connectivity index (χ0n) is 14.7. The van der Waals surface area contributed by atoms with E-state index in [2.05, 4.69) is 20.2 Å². The molecule has 0 spiro atoms. The number of likely N-dealkylation sites (tertiary alicyclic amines) is 1. The molecule has 4 rings (SSSR count). The van der Waals surface area contributed by atoms with Gasteiger partial charge in [0, 0.05) is 37.4 Å². The maximum Gasteiger partial charge on any atom is 0.274 e. The van der Waals surface area contributed by atoms with Crippen LogP contribution in [0.4, 0.5) is 0 Å². The molecule has 3 aromatic rings. The Bertz CT molecular complexity index is 922. The lowest BCUT2D eigenvalue weighted by molar-refractivity contribution is 0.0698. The van der Waals surface area contributed by atoms with Crippen molar-refractivity contribution < 1.29 is 4.79 Å². The van der Waals surface area contributed by atoms with Crippen LogP contribution in [0.25, 0.3) is 5.78 Å². The molecule has 1 amide bonds. The Balaban J connectivity index is 1.62. The fourth-order valence-electron chi connectivity index (χ4n) is 3.48. The molecule has 1 aliphatic heterocycles. The van der Waals surface area contributed by atoms with Crippen molar-refractivity contribution in [1.29, 1.82) is 0 Å². The largest absolute Gasteiger partial charge is 0.337 e. The molecule has 1 atom stereocenters. The normalized spacial score (nSPS) is 18.0. The first kappa shape index (κ1) is 15.7. The second kappa shape index (κ2) is 5.94.